The van der Waals surface area contributed by atoms with Crippen molar-refractivity contribution in [3.05, 3.63) is 72.3 Å². The summed E-state index contributed by atoms with van der Waals surface area (Å²) in [5.41, 5.74) is 3.08. The summed E-state index contributed by atoms with van der Waals surface area (Å²) >= 11 is 0. The summed E-state index contributed by atoms with van der Waals surface area (Å²) in [7, 11) is 0. The number of rotatable bonds is 7. The number of hydrogen-bond acceptors (Lipinski definition) is 8. The SMILES string of the molecule is CC(C)(C)NC(=O)[C@@H](c1ccc(N2CCOCC2)cc1)N(C(=O)Cn1nnc2ccccc21)c1ccc2c(c1)OCO2. The number of carbonyl (C=O) groups excluding carboxylic acids is 2. The fourth-order valence-corrected chi connectivity index (χ4v) is 5.26. The van der Waals surface area contributed by atoms with Gasteiger partial charge in [0, 0.05) is 36.1 Å². The van der Waals surface area contributed by atoms with Crippen molar-refractivity contribution in [3.63, 3.8) is 0 Å². The lowest BCUT2D eigenvalue weighted by atomic mass is 10.00. The van der Waals surface area contributed by atoms with Crippen LogP contribution in [0.3, 0.4) is 0 Å². The number of aromatic nitrogens is 3. The molecule has 0 aliphatic carbocycles. The normalized spacial score (nSPS) is 15.5. The highest BCUT2D eigenvalue weighted by molar-refractivity contribution is 6.02. The first-order valence-corrected chi connectivity index (χ1v) is 14.0. The molecule has 0 radical (unpaired) electrons. The van der Waals surface area contributed by atoms with Crippen LogP contribution in [0.4, 0.5) is 11.4 Å². The Morgan fingerprint density at radius 1 is 0.976 bits per heavy atom. The minimum atomic E-state index is -0.981. The Balaban J connectivity index is 1.42. The van der Waals surface area contributed by atoms with E-state index in [9.17, 15) is 9.59 Å². The molecule has 1 atom stereocenters. The van der Waals surface area contributed by atoms with Crippen molar-refractivity contribution < 1.29 is 23.8 Å². The molecule has 11 heteroatoms. The van der Waals surface area contributed by atoms with Gasteiger partial charge < -0.3 is 24.4 Å². The number of ether oxygens (including phenoxy) is 3. The van der Waals surface area contributed by atoms with Gasteiger partial charge in [0.25, 0.3) is 0 Å². The van der Waals surface area contributed by atoms with Crippen LogP contribution in [0.1, 0.15) is 32.4 Å². The number of fused-ring (bicyclic) bond motifs is 2. The average Bonchev–Trinajstić information content (AvgIpc) is 3.62. The van der Waals surface area contributed by atoms with Gasteiger partial charge in [-0.1, -0.05) is 29.5 Å². The number of hydrogen-bond donors (Lipinski definition) is 1. The van der Waals surface area contributed by atoms with Crippen LogP contribution < -0.4 is 24.6 Å². The second-order valence-electron chi connectivity index (χ2n) is 11.4. The van der Waals surface area contributed by atoms with E-state index >= 15 is 0 Å². The summed E-state index contributed by atoms with van der Waals surface area (Å²) in [6.45, 7) is 8.63. The van der Waals surface area contributed by atoms with Gasteiger partial charge in [0.2, 0.25) is 18.6 Å². The van der Waals surface area contributed by atoms with Crippen molar-refractivity contribution in [3.8, 4) is 11.5 Å². The molecule has 11 nitrogen and oxygen atoms in total. The van der Waals surface area contributed by atoms with E-state index in [1.807, 2.05) is 69.3 Å². The molecule has 2 aliphatic heterocycles. The van der Waals surface area contributed by atoms with Crippen molar-refractivity contribution in [2.24, 2.45) is 0 Å². The quantitative estimate of drug-likeness (QED) is 0.358. The van der Waals surface area contributed by atoms with Crippen LogP contribution in [0.2, 0.25) is 0 Å². The number of carbonyl (C=O) groups is 2. The smallest absolute Gasteiger partial charge is 0.249 e. The molecule has 42 heavy (non-hydrogen) atoms. The molecular formula is C31H34N6O5. The lowest BCUT2D eigenvalue weighted by molar-refractivity contribution is -0.128. The van der Waals surface area contributed by atoms with E-state index < -0.39 is 11.6 Å². The number of benzene rings is 3. The van der Waals surface area contributed by atoms with Crippen LogP contribution in [-0.2, 0) is 20.9 Å². The number of amides is 2. The van der Waals surface area contributed by atoms with Gasteiger partial charge in [-0.2, -0.15) is 0 Å². The molecule has 3 heterocycles. The number of anilines is 2. The zero-order valence-corrected chi connectivity index (χ0v) is 23.9. The Kier molecular flexibility index (Phi) is 7.42. The molecule has 1 aromatic heterocycles. The molecule has 4 aromatic rings. The Morgan fingerprint density at radius 2 is 1.71 bits per heavy atom. The monoisotopic (exact) mass is 570 g/mol. The maximum atomic E-state index is 14.3. The number of nitrogens with one attached hydrogen (secondary N) is 1. The maximum absolute atomic E-state index is 14.3. The summed E-state index contributed by atoms with van der Waals surface area (Å²) in [6, 6.07) is 19.5. The highest BCUT2D eigenvalue weighted by atomic mass is 16.7. The molecule has 1 N–H and O–H groups in total. The van der Waals surface area contributed by atoms with Gasteiger partial charge in [0.05, 0.1) is 18.7 Å². The highest BCUT2D eigenvalue weighted by Gasteiger charge is 2.35. The first kappa shape index (κ1) is 27.5. The molecule has 3 aromatic carbocycles. The van der Waals surface area contributed by atoms with E-state index in [2.05, 4.69) is 20.5 Å². The largest absolute Gasteiger partial charge is 0.454 e. The lowest BCUT2D eigenvalue weighted by Gasteiger charge is -2.34. The van der Waals surface area contributed by atoms with Crippen LogP contribution in [0, 0.1) is 0 Å². The topological polar surface area (TPSA) is 111 Å². The van der Waals surface area contributed by atoms with Crippen molar-refractivity contribution >= 4 is 34.2 Å². The Morgan fingerprint density at radius 3 is 2.48 bits per heavy atom. The van der Waals surface area contributed by atoms with E-state index in [0.717, 1.165) is 24.3 Å². The molecule has 0 bridgehead atoms. The second kappa shape index (κ2) is 11.3. The second-order valence-corrected chi connectivity index (χ2v) is 11.4. The molecule has 0 spiro atoms. The lowest BCUT2D eigenvalue weighted by Crippen LogP contribution is -2.50. The molecule has 2 aliphatic rings. The first-order valence-electron chi connectivity index (χ1n) is 14.0. The van der Waals surface area contributed by atoms with Gasteiger partial charge >= 0.3 is 0 Å². The summed E-state index contributed by atoms with van der Waals surface area (Å²) in [4.78, 5) is 32.2. The van der Waals surface area contributed by atoms with E-state index in [1.165, 1.54) is 4.90 Å². The van der Waals surface area contributed by atoms with Crippen molar-refractivity contribution in [2.75, 3.05) is 42.9 Å². The predicted octanol–water partition coefficient (Wildman–Crippen LogP) is 3.69. The van der Waals surface area contributed by atoms with Gasteiger partial charge in [-0.15, -0.1) is 5.10 Å². The molecule has 2 amide bonds. The first-order chi connectivity index (χ1) is 20.3. The third kappa shape index (κ3) is 5.73. The summed E-state index contributed by atoms with van der Waals surface area (Å²) in [5, 5.41) is 11.5. The molecule has 0 saturated carbocycles. The number of para-hydroxylation sites is 1. The Bertz CT molecular complexity index is 1590. The number of morpholine rings is 1. The van der Waals surface area contributed by atoms with Crippen LogP contribution >= 0.6 is 0 Å². The molecular weight excluding hydrogens is 536 g/mol. The van der Waals surface area contributed by atoms with Crippen LogP contribution in [0.5, 0.6) is 11.5 Å². The highest BCUT2D eigenvalue weighted by Crippen LogP contribution is 2.38. The fraction of sp³-hybridized carbons (Fsp3) is 0.355. The van der Waals surface area contributed by atoms with Gasteiger partial charge in [-0.05, 0) is 62.7 Å². The van der Waals surface area contributed by atoms with Crippen molar-refractivity contribution in [1.82, 2.24) is 20.3 Å². The van der Waals surface area contributed by atoms with Crippen molar-refractivity contribution in [2.45, 2.75) is 38.9 Å². The van der Waals surface area contributed by atoms with E-state index in [0.29, 0.717) is 41.5 Å². The molecule has 218 valence electrons. The molecule has 0 unspecified atom stereocenters. The van der Waals surface area contributed by atoms with Crippen LogP contribution in [0.15, 0.2) is 66.7 Å². The molecule has 6 rings (SSSR count). The fourth-order valence-electron chi connectivity index (χ4n) is 5.26. The summed E-state index contributed by atoms with van der Waals surface area (Å²) < 4.78 is 18.2. The van der Waals surface area contributed by atoms with Gasteiger partial charge in [0.15, 0.2) is 11.5 Å². The Labute approximate surface area is 243 Å². The van der Waals surface area contributed by atoms with Gasteiger partial charge in [0.1, 0.15) is 18.1 Å². The molecule has 1 saturated heterocycles. The van der Waals surface area contributed by atoms with E-state index in [4.69, 9.17) is 14.2 Å². The zero-order valence-electron chi connectivity index (χ0n) is 23.9. The van der Waals surface area contributed by atoms with Crippen molar-refractivity contribution in [1.29, 1.82) is 0 Å². The minimum absolute atomic E-state index is 0.0919. The Hall–Kier alpha value is -4.64. The van der Waals surface area contributed by atoms with Gasteiger partial charge in [-0.25, -0.2) is 4.68 Å². The standard InChI is InChI=1S/C31H34N6O5/c1-31(2,3)32-30(39)29(21-8-10-22(11-9-21)35-14-16-40-17-15-35)37(23-12-13-26-27(18-23)42-20-41-26)28(38)19-36-25-7-5-4-6-24(25)33-34-36/h4-13,18,29H,14-17,19-20H2,1-3H3,(H,32,39)/t29-/m1/s1. The maximum Gasteiger partial charge on any atom is 0.249 e. The zero-order chi connectivity index (χ0) is 29.3. The molecule has 1 fully saturated rings. The van der Waals surface area contributed by atoms with Crippen LogP contribution in [-0.4, -0.2) is 65.4 Å². The number of nitrogens with zero attached hydrogens (tertiary/aromatic N) is 5. The van der Waals surface area contributed by atoms with Crippen LogP contribution in [0.25, 0.3) is 11.0 Å². The van der Waals surface area contributed by atoms with Gasteiger partial charge in [-0.3, -0.25) is 14.5 Å². The summed E-state index contributed by atoms with van der Waals surface area (Å²) in [5.74, 6) is 0.444. The summed E-state index contributed by atoms with van der Waals surface area (Å²) in [6.07, 6.45) is 0. The third-order valence-electron chi connectivity index (χ3n) is 7.20. The van der Waals surface area contributed by atoms with E-state index in [-0.39, 0.29) is 25.2 Å². The third-order valence-corrected chi connectivity index (χ3v) is 7.20. The average molecular weight is 571 g/mol. The minimum Gasteiger partial charge on any atom is -0.454 e. The van der Waals surface area contributed by atoms with E-state index in [1.54, 1.807) is 22.9 Å². The predicted molar refractivity (Wildman–Crippen MR) is 158 cm³/mol.